The van der Waals surface area contributed by atoms with Gasteiger partial charge in [0, 0.05) is 32.7 Å². The van der Waals surface area contributed by atoms with Crippen LogP contribution >= 0.6 is 12.4 Å². The first kappa shape index (κ1) is 21.2. The fourth-order valence-corrected chi connectivity index (χ4v) is 3.38. The van der Waals surface area contributed by atoms with Crippen molar-refractivity contribution in [2.45, 2.75) is 6.42 Å². The van der Waals surface area contributed by atoms with Gasteiger partial charge in [0.25, 0.3) is 0 Å². The third kappa shape index (κ3) is 5.52. The van der Waals surface area contributed by atoms with Crippen LogP contribution in [0.3, 0.4) is 0 Å². The Bertz CT molecular complexity index is 826. The molecule has 0 aliphatic carbocycles. The molecule has 0 spiro atoms. The molecule has 0 unspecified atom stereocenters. The standard InChI is InChI=1S/C21H23FN2O4.ClH/c22-17-2-4-18(5-3-17)26-12-11-23-7-9-24(10-8-23)21(25)14-16-1-6-19-20(13-16)28-15-27-19;/h1-6,13H,7-12,14-15H2;1H. The summed E-state index contributed by atoms with van der Waals surface area (Å²) in [7, 11) is 0. The Labute approximate surface area is 175 Å². The Morgan fingerprint density at radius 3 is 2.48 bits per heavy atom. The molecule has 156 valence electrons. The zero-order valence-corrected chi connectivity index (χ0v) is 16.8. The lowest BCUT2D eigenvalue weighted by Crippen LogP contribution is -2.49. The van der Waals surface area contributed by atoms with Crippen molar-refractivity contribution in [2.75, 3.05) is 46.1 Å². The predicted molar refractivity (Wildman–Crippen MR) is 108 cm³/mol. The summed E-state index contributed by atoms with van der Waals surface area (Å²) in [4.78, 5) is 16.8. The van der Waals surface area contributed by atoms with Crippen LogP contribution in [0, 0.1) is 5.82 Å². The molecule has 8 heteroatoms. The van der Waals surface area contributed by atoms with Gasteiger partial charge in [-0.3, -0.25) is 9.69 Å². The molecule has 0 N–H and O–H groups in total. The molecule has 4 rings (SSSR count). The molecular weight excluding hydrogens is 399 g/mol. The summed E-state index contributed by atoms with van der Waals surface area (Å²) in [5.74, 6) is 1.96. The molecular formula is C21H24ClFN2O4. The van der Waals surface area contributed by atoms with E-state index in [2.05, 4.69) is 4.90 Å². The molecule has 1 fully saturated rings. The van der Waals surface area contributed by atoms with Crippen LogP contribution in [0.4, 0.5) is 4.39 Å². The van der Waals surface area contributed by atoms with E-state index in [-0.39, 0.29) is 30.9 Å². The van der Waals surface area contributed by atoms with Crippen molar-refractivity contribution in [1.29, 1.82) is 0 Å². The van der Waals surface area contributed by atoms with E-state index in [1.54, 1.807) is 12.1 Å². The molecule has 2 aliphatic heterocycles. The lowest BCUT2D eigenvalue weighted by Gasteiger charge is -2.34. The number of halogens is 2. The first-order valence-electron chi connectivity index (χ1n) is 9.44. The Morgan fingerprint density at radius 2 is 1.72 bits per heavy atom. The van der Waals surface area contributed by atoms with Gasteiger partial charge >= 0.3 is 0 Å². The molecule has 29 heavy (non-hydrogen) atoms. The van der Waals surface area contributed by atoms with Crippen LogP contribution in [0.2, 0.25) is 0 Å². The van der Waals surface area contributed by atoms with E-state index in [9.17, 15) is 9.18 Å². The maximum atomic E-state index is 12.9. The largest absolute Gasteiger partial charge is 0.492 e. The van der Waals surface area contributed by atoms with Gasteiger partial charge in [0.05, 0.1) is 6.42 Å². The molecule has 6 nitrogen and oxygen atoms in total. The SMILES string of the molecule is Cl.O=C(Cc1ccc2c(c1)OCO2)N1CCN(CCOc2ccc(F)cc2)CC1. The van der Waals surface area contributed by atoms with E-state index < -0.39 is 0 Å². The molecule has 1 amide bonds. The molecule has 2 aliphatic rings. The molecule has 2 aromatic carbocycles. The monoisotopic (exact) mass is 422 g/mol. The minimum Gasteiger partial charge on any atom is -0.492 e. The maximum Gasteiger partial charge on any atom is 0.231 e. The van der Waals surface area contributed by atoms with Crippen molar-refractivity contribution < 1.29 is 23.4 Å². The normalized spacial score (nSPS) is 15.7. The lowest BCUT2D eigenvalue weighted by molar-refractivity contribution is -0.132. The van der Waals surface area contributed by atoms with Gasteiger partial charge in [-0.05, 0) is 42.0 Å². The zero-order chi connectivity index (χ0) is 19.3. The smallest absolute Gasteiger partial charge is 0.231 e. The number of hydrogen-bond donors (Lipinski definition) is 0. The Balaban J connectivity index is 0.00000240. The first-order chi connectivity index (χ1) is 13.7. The number of rotatable bonds is 6. The van der Waals surface area contributed by atoms with Crippen LogP contribution in [-0.4, -0.2) is 61.8 Å². The van der Waals surface area contributed by atoms with Gasteiger partial charge in [-0.2, -0.15) is 0 Å². The number of carbonyl (C=O) groups excluding carboxylic acids is 1. The van der Waals surface area contributed by atoms with Gasteiger partial charge in [0.1, 0.15) is 18.2 Å². The number of piperazine rings is 1. The number of carbonyl (C=O) groups is 1. The molecule has 0 radical (unpaired) electrons. The Morgan fingerprint density at radius 1 is 1.00 bits per heavy atom. The third-order valence-electron chi connectivity index (χ3n) is 5.01. The third-order valence-corrected chi connectivity index (χ3v) is 5.01. The number of ether oxygens (including phenoxy) is 3. The maximum absolute atomic E-state index is 12.9. The van der Waals surface area contributed by atoms with Crippen molar-refractivity contribution in [3.63, 3.8) is 0 Å². The van der Waals surface area contributed by atoms with Crippen LogP contribution in [0.15, 0.2) is 42.5 Å². The zero-order valence-electron chi connectivity index (χ0n) is 16.0. The van der Waals surface area contributed by atoms with Gasteiger partial charge in [-0.1, -0.05) is 6.07 Å². The van der Waals surface area contributed by atoms with Crippen LogP contribution in [0.25, 0.3) is 0 Å². The summed E-state index contributed by atoms with van der Waals surface area (Å²) in [5, 5.41) is 0. The highest BCUT2D eigenvalue weighted by Crippen LogP contribution is 2.32. The first-order valence-corrected chi connectivity index (χ1v) is 9.44. The van der Waals surface area contributed by atoms with E-state index in [0.717, 1.165) is 30.9 Å². The van der Waals surface area contributed by atoms with Crippen LogP contribution in [-0.2, 0) is 11.2 Å². The van der Waals surface area contributed by atoms with Crippen molar-refractivity contribution in [1.82, 2.24) is 9.80 Å². The second-order valence-corrected chi connectivity index (χ2v) is 6.89. The average Bonchev–Trinajstić information content (AvgIpc) is 3.18. The number of benzene rings is 2. The van der Waals surface area contributed by atoms with Gasteiger partial charge < -0.3 is 19.1 Å². The van der Waals surface area contributed by atoms with Crippen LogP contribution in [0.5, 0.6) is 17.2 Å². The van der Waals surface area contributed by atoms with Crippen LogP contribution in [0.1, 0.15) is 5.56 Å². The van der Waals surface area contributed by atoms with E-state index in [1.807, 2.05) is 23.1 Å². The van der Waals surface area contributed by atoms with Gasteiger partial charge in [-0.25, -0.2) is 4.39 Å². The lowest BCUT2D eigenvalue weighted by atomic mass is 10.1. The topological polar surface area (TPSA) is 51.2 Å². The van der Waals surface area contributed by atoms with Crippen molar-refractivity contribution in [2.24, 2.45) is 0 Å². The Hall–Kier alpha value is -2.51. The fraction of sp³-hybridized carbons (Fsp3) is 0.381. The molecule has 0 bridgehead atoms. The highest BCUT2D eigenvalue weighted by molar-refractivity contribution is 5.85. The molecule has 2 heterocycles. The number of fused-ring (bicyclic) bond motifs is 1. The van der Waals surface area contributed by atoms with E-state index in [0.29, 0.717) is 37.6 Å². The summed E-state index contributed by atoms with van der Waals surface area (Å²) >= 11 is 0. The van der Waals surface area contributed by atoms with E-state index in [4.69, 9.17) is 14.2 Å². The van der Waals surface area contributed by atoms with Crippen molar-refractivity contribution in [3.05, 3.63) is 53.8 Å². The highest BCUT2D eigenvalue weighted by Gasteiger charge is 2.22. The minimum atomic E-state index is -0.270. The van der Waals surface area contributed by atoms with E-state index in [1.165, 1.54) is 12.1 Å². The number of nitrogens with zero attached hydrogens (tertiary/aromatic N) is 2. The van der Waals surface area contributed by atoms with Crippen LogP contribution < -0.4 is 14.2 Å². The number of hydrogen-bond acceptors (Lipinski definition) is 5. The minimum absolute atomic E-state index is 0. The summed E-state index contributed by atoms with van der Waals surface area (Å²) in [6.45, 7) is 4.61. The van der Waals surface area contributed by atoms with Gasteiger partial charge in [0.2, 0.25) is 12.7 Å². The van der Waals surface area contributed by atoms with Crippen molar-refractivity contribution in [3.8, 4) is 17.2 Å². The van der Waals surface area contributed by atoms with Gasteiger partial charge in [-0.15, -0.1) is 12.4 Å². The molecule has 0 aromatic heterocycles. The molecule has 0 atom stereocenters. The quantitative estimate of drug-likeness (QED) is 0.716. The summed E-state index contributed by atoms with van der Waals surface area (Å²) in [6, 6.07) is 11.7. The van der Waals surface area contributed by atoms with E-state index >= 15 is 0 Å². The summed E-state index contributed by atoms with van der Waals surface area (Å²) in [6.07, 6.45) is 0.365. The average molecular weight is 423 g/mol. The highest BCUT2D eigenvalue weighted by atomic mass is 35.5. The molecule has 0 saturated carbocycles. The second-order valence-electron chi connectivity index (χ2n) is 6.89. The number of amides is 1. The molecule has 1 saturated heterocycles. The Kier molecular flexibility index (Phi) is 7.17. The van der Waals surface area contributed by atoms with Gasteiger partial charge in [0.15, 0.2) is 11.5 Å². The predicted octanol–water partition coefficient (Wildman–Crippen LogP) is 2.74. The second kappa shape index (κ2) is 9.80. The van der Waals surface area contributed by atoms with Crippen molar-refractivity contribution >= 4 is 18.3 Å². The summed E-state index contributed by atoms with van der Waals surface area (Å²) in [5.41, 5.74) is 0.935. The molecule has 2 aromatic rings. The summed E-state index contributed by atoms with van der Waals surface area (Å²) < 4.78 is 29.2. The fourth-order valence-electron chi connectivity index (χ4n) is 3.38.